The number of rotatable bonds is 3. The molecule has 0 amide bonds. The van der Waals surface area contributed by atoms with Crippen LogP contribution in [0.15, 0.2) is 22.7 Å². The van der Waals surface area contributed by atoms with Crippen molar-refractivity contribution in [2.24, 2.45) is 5.92 Å². The molecule has 4 heteroatoms. The highest BCUT2D eigenvalue weighted by Gasteiger charge is 2.18. The summed E-state index contributed by atoms with van der Waals surface area (Å²) in [6, 6.07) is 7.80. The van der Waals surface area contributed by atoms with Gasteiger partial charge in [-0.2, -0.15) is 5.26 Å². The van der Waals surface area contributed by atoms with Crippen LogP contribution in [0.4, 0.5) is 5.69 Å². The first-order valence-corrected chi connectivity index (χ1v) is 7.09. The van der Waals surface area contributed by atoms with E-state index in [9.17, 15) is 5.11 Å². The maximum absolute atomic E-state index is 9.45. The van der Waals surface area contributed by atoms with Gasteiger partial charge in [0, 0.05) is 16.7 Å². The van der Waals surface area contributed by atoms with Crippen molar-refractivity contribution in [3.63, 3.8) is 0 Å². The molecule has 96 valence electrons. The molecule has 2 rings (SSSR count). The molecule has 0 heterocycles. The Morgan fingerprint density at radius 1 is 1.28 bits per heavy atom. The average molecular weight is 309 g/mol. The van der Waals surface area contributed by atoms with Crippen LogP contribution >= 0.6 is 15.9 Å². The largest absolute Gasteiger partial charge is 0.393 e. The van der Waals surface area contributed by atoms with E-state index in [1.165, 1.54) is 0 Å². The Bertz CT molecular complexity index is 448. The smallest absolute Gasteiger partial charge is 0.0992 e. The summed E-state index contributed by atoms with van der Waals surface area (Å²) in [5, 5.41) is 21.7. The second-order valence-corrected chi connectivity index (χ2v) is 5.81. The third-order valence-electron chi connectivity index (χ3n) is 3.44. The Hall–Kier alpha value is -1.05. The van der Waals surface area contributed by atoms with Crippen molar-refractivity contribution in [2.75, 3.05) is 11.9 Å². The molecule has 1 aromatic carbocycles. The quantitative estimate of drug-likeness (QED) is 0.901. The zero-order valence-electron chi connectivity index (χ0n) is 10.2. The topological polar surface area (TPSA) is 56.0 Å². The number of nitrogens with zero attached hydrogens (tertiary/aromatic N) is 1. The standard InChI is InChI=1S/C14H17BrN2O/c15-12-5-11(8-16)6-13(7-12)17-9-10-1-3-14(18)4-2-10/h5-7,10,14,17-18H,1-4,9H2. The summed E-state index contributed by atoms with van der Waals surface area (Å²) < 4.78 is 0.920. The second-order valence-electron chi connectivity index (χ2n) is 4.90. The summed E-state index contributed by atoms with van der Waals surface area (Å²) in [7, 11) is 0. The van der Waals surface area contributed by atoms with E-state index >= 15 is 0 Å². The fourth-order valence-electron chi connectivity index (χ4n) is 2.37. The molecule has 0 unspecified atom stereocenters. The molecule has 1 aromatic rings. The summed E-state index contributed by atoms with van der Waals surface area (Å²) in [5.74, 6) is 0.623. The zero-order chi connectivity index (χ0) is 13.0. The molecule has 0 spiro atoms. The van der Waals surface area contributed by atoms with E-state index in [1.807, 2.05) is 18.2 Å². The van der Waals surface area contributed by atoms with Gasteiger partial charge in [0.15, 0.2) is 0 Å². The van der Waals surface area contributed by atoms with Crippen LogP contribution in [0, 0.1) is 17.2 Å². The Labute approximate surface area is 116 Å². The molecule has 0 bridgehead atoms. The monoisotopic (exact) mass is 308 g/mol. The van der Waals surface area contributed by atoms with Gasteiger partial charge in [0.1, 0.15) is 0 Å². The number of nitrogens with one attached hydrogen (secondary N) is 1. The van der Waals surface area contributed by atoms with Crippen LogP contribution in [-0.2, 0) is 0 Å². The molecule has 18 heavy (non-hydrogen) atoms. The molecular weight excluding hydrogens is 292 g/mol. The third kappa shape index (κ3) is 3.72. The van der Waals surface area contributed by atoms with Crippen LogP contribution in [0.5, 0.6) is 0 Å². The van der Waals surface area contributed by atoms with E-state index in [4.69, 9.17) is 5.26 Å². The highest BCUT2D eigenvalue weighted by molar-refractivity contribution is 9.10. The zero-order valence-corrected chi connectivity index (χ0v) is 11.8. The fourth-order valence-corrected chi connectivity index (χ4v) is 2.86. The number of anilines is 1. The van der Waals surface area contributed by atoms with Gasteiger partial charge in [0.05, 0.1) is 17.7 Å². The number of hydrogen-bond acceptors (Lipinski definition) is 3. The molecular formula is C14H17BrN2O. The van der Waals surface area contributed by atoms with Crippen molar-refractivity contribution in [1.29, 1.82) is 5.26 Å². The number of aliphatic hydroxyl groups excluding tert-OH is 1. The predicted octanol–water partition coefficient (Wildman–Crippen LogP) is 3.28. The van der Waals surface area contributed by atoms with Gasteiger partial charge in [0.2, 0.25) is 0 Å². The first kappa shape index (κ1) is 13.4. The van der Waals surface area contributed by atoms with Crippen LogP contribution in [0.1, 0.15) is 31.2 Å². The third-order valence-corrected chi connectivity index (χ3v) is 3.90. The van der Waals surface area contributed by atoms with Gasteiger partial charge in [-0.3, -0.25) is 0 Å². The van der Waals surface area contributed by atoms with Gasteiger partial charge in [-0.25, -0.2) is 0 Å². The van der Waals surface area contributed by atoms with E-state index in [2.05, 4.69) is 27.3 Å². The minimum Gasteiger partial charge on any atom is -0.393 e. The van der Waals surface area contributed by atoms with Gasteiger partial charge >= 0.3 is 0 Å². The van der Waals surface area contributed by atoms with E-state index < -0.39 is 0 Å². The van der Waals surface area contributed by atoms with Gasteiger partial charge in [-0.15, -0.1) is 0 Å². The Kier molecular flexibility index (Phi) is 4.62. The molecule has 0 radical (unpaired) electrons. The summed E-state index contributed by atoms with van der Waals surface area (Å²) in [5.41, 5.74) is 1.64. The van der Waals surface area contributed by atoms with E-state index in [-0.39, 0.29) is 6.10 Å². The summed E-state index contributed by atoms with van der Waals surface area (Å²) in [4.78, 5) is 0. The lowest BCUT2D eigenvalue weighted by atomic mass is 9.87. The van der Waals surface area contributed by atoms with Gasteiger partial charge < -0.3 is 10.4 Å². The molecule has 0 saturated heterocycles. The highest BCUT2D eigenvalue weighted by Crippen LogP contribution is 2.25. The minimum atomic E-state index is -0.0997. The predicted molar refractivity (Wildman–Crippen MR) is 75.3 cm³/mol. The SMILES string of the molecule is N#Cc1cc(Br)cc(NCC2CCC(O)CC2)c1. The van der Waals surface area contributed by atoms with Crippen molar-refractivity contribution in [2.45, 2.75) is 31.8 Å². The highest BCUT2D eigenvalue weighted by atomic mass is 79.9. The summed E-state index contributed by atoms with van der Waals surface area (Å²) >= 11 is 3.40. The van der Waals surface area contributed by atoms with Crippen molar-refractivity contribution in [3.8, 4) is 6.07 Å². The van der Waals surface area contributed by atoms with E-state index in [0.717, 1.165) is 42.4 Å². The first-order valence-electron chi connectivity index (χ1n) is 6.30. The lowest BCUT2D eigenvalue weighted by Crippen LogP contribution is -2.23. The molecule has 1 fully saturated rings. The first-order chi connectivity index (χ1) is 8.67. The molecule has 1 aliphatic carbocycles. The van der Waals surface area contributed by atoms with Crippen LogP contribution in [0.3, 0.4) is 0 Å². The Balaban J connectivity index is 1.90. The number of aliphatic hydroxyl groups is 1. The lowest BCUT2D eigenvalue weighted by Gasteiger charge is -2.25. The minimum absolute atomic E-state index is 0.0997. The molecule has 3 nitrogen and oxygen atoms in total. The number of halogens is 1. The average Bonchev–Trinajstić information content (AvgIpc) is 2.37. The van der Waals surface area contributed by atoms with Gasteiger partial charge in [-0.05, 0) is 49.8 Å². The van der Waals surface area contributed by atoms with Crippen LogP contribution in [0.25, 0.3) is 0 Å². The number of benzene rings is 1. The fraction of sp³-hybridized carbons (Fsp3) is 0.500. The molecule has 0 aromatic heterocycles. The number of nitriles is 1. The molecule has 0 aliphatic heterocycles. The van der Waals surface area contributed by atoms with Crippen molar-refractivity contribution in [1.82, 2.24) is 0 Å². The molecule has 1 aliphatic rings. The maximum atomic E-state index is 9.45. The Morgan fingerprint density at radius 3 is 2.67 bits per heavy atom. The summed E-state index contributed by atoms with van der Waals surface area (Å²) in [6.45, 7) is 0.911. The Morgan fingerprint density at radius 2 is 2.00 bits per heavy atom. The lowest BCUT2D eigenvalue weighted by molar-refractivity contribution is 0.111. The molecule has 0 atom stereocenters. The van der Waals surface area contributed by atoms with E-state index in [1.54, 1.807) is 0 Å². The van der Waals surface area contributed by atoms with Crippen LogP contribution in [0.2, 0.25) is 0 Å². The van der Waals surface area contributed by atoms with E-state index in [0.29, 0.717) is 11.5 Å². The van der Waals surface area contributed by atoms with Crippen LogP contribution in [-0.4, -0.2) is 17.8 Å². The normalized spacial score (nSPS) is 23.4. The van der Waals surface area contributed by atoms with Crippen molar-refractivity contribution < 1.29 is 5.11 Å². The maximum Gasteiger partial charge on any atom is 0.0992 e. The number of hydrogen-bond donors (Lipinski definition) is 2. The van der Waals surface area contributed by atoms with Crippen LogP contribution < -0.4 is 5.32 Å². The summed E-state index contributed by atoms with van der Waals surface area (Å²) in [6.07, 6.45) is 3.88. The van der Waals surface area contributed by atoms with Gasteiger partial charge in [-0.1, -0.05) is 15.9 Å². The van der Waals surface area contributed by atoms with Crippen molar-refractivity contribution >= 4 is 21.6 Å². The second kappa shape index (κ2) is 6.21. The molecule has 2 N–H and O–H groups in total. The van der Waals surface area contributed by atoms with Gasteiger partial charge in [0.25, 0.3) is 0 Å². The molecule has 1 saturated carbocycles. The van der Waals surface area contributed by atoms with Crippen molar-refractivity contribution in [3.05, 3.63) is 28.2 Å².